The predicted molar refractivity (Wildman–Crippen MR) is 63.1 cm³/mol. The Morgan fingerprint density at radius 3 is 3.24 bits per heavy atom. The second-order valence-corrected chi connectivity index (χ2v) is 4.62. The van der Waals surface area contributed by atoms with Crippen LogP contribution in [-0.4, -0.2) is 19.2 Å². The highest BCUT2D eigenvalue weighted by atomic mass is 16.5. The van der Waals surface area contributed by atoms with Crippen LogP contribution in [0.4, 0.5) is 0 Å². The highest BCUT2D eigenvalue weighted by Gasteiger charge is 2.46. The molecule has 0 radical (unpaired) electrons. The van der Waals surface area contributed by atoms with E-state index in [1.54, 1.807) is 0 Å². The van der Waals surface area contributed by atoms with Crippen molar-refractivity contribution in [2.45, 2.75) is 25.7 Å². The van der Waals surface area contributed by atoms with E-state index in [0.717, 1.165) is 25.2 Å². The van der Waals surface area contributed by atoms with Gasteiger partial charge in [-0.25, -0.2) is 0 Å². The quantitative estimate of drug-likeness (QED) is 0.750. The van der Waals surface area contributed by atoms with Gasteiger partial charge in [0.05, 0.1) is 19.1 Å². The molecule has 1 aliphatic heterocycles. The highest BCUT2D eigenvalue weighted by molar-refractivity contribution is 5.77. The molecule has 1 aromatic rings. The van der Waals surface area contributed by atoms with E-state index in [2.05, 4.69) is 6.07 Å². The van der Waals surface area contributed by atoms with Crippen molar-refractivity contribution < 1.29 is 14.3 Å². The molecule has 1 aliphatic carbocycles. The number of hydrogen-bond donors (Lipinski definition) is 0. The molecule has 1 heterocycles. The van der Waals surface area contributed by atoms with Gasteiger partial charge in [0, 0.05) is 12.0 Å². The molecule has 2 atom stereocenters. The molecule has 3 rings (SSSR count). The molecule has 1 fully saturated rings. The van der Waals surface area contributed by atoms with Crippen LogP contribution in [0.2, 0.25) is 0 Å². The van der Waals surface area contributed by atoms with Crippen molar-refractivity contribution in [1.82, 2.24) is 0 Å². The molecule has 3 nitrogen and oxygen atoms in total. The molecule has 0 aromatic heterocycles. The van der Waals surface area contributed by atoms with Crippen LogP contribution < -0.4 is 4.74 Å². The molecule has 17 heavy (non-hydrogen) atoms. The minimum Gasteiger partial charge on any atom is -0.493 e. The van der Waals surface area contributed by atoms with Crippen LogP contribution in [0.1, 0.15) is 30.4 Å². The third kappa shape index (κ3) is 1.79. The Labute approximate surface area is 101 Å². The van der Waals surface area contributed by atoms with Crippen molar-refractivity contribution in [2.75, 3.05) is 13.2 Å². The normalized spacial score (nSPS) is 25.0. The van der Waals surface area contributed by atoms with Gasteiger partial charge in [-0.2, -0.15) is 0 Å². The molecule has 3 heteroatoms. The third-order valence-corrected chi connectivity index (χ3v) is 3.56. The second kappa shape index (κ2) is 4.06. The summed E-state index contributed by atoms with van der Waals surface area (Å²) in [4.78, 5) is 11.6. The van der Waals surface area contributed by atoms with Gasteiger partial charge in [0.15, 0.2) is 0 Å². The maximum atomic E-state index is 11.6. The lowest BCUT2D eigenvalue weighted by Gasteiger charge is -2.06. The summed E-state index contributed by atoms with van der Waals surface area (Å²) in [5, 5.41) is 0. The van der Waals surface area contributed by atoms with E-state index in [4.69, 9.17) is 9.47 Å². The summed E-state index contributed by atoms with van der Waals surface area (Å²) in [6, 6.07) is 6.14. The maximum absolute atomic E-state index is 11.6. The van der Waals surface area contributed by atoms with Crippen LogP contribution in [0.3, 0.4) is 0 Å². The number of fused-ring (bicyclic) bond motifs is 1. The molecule has 1 saturated carbocycles. The number of esters is 1. The van der Waals surface area contributed by atoms with Crippen LogP contribution in [0.5, 0.6) is 5.75 Å². The molecule has 0 amide bonds. The average molecular weight is 232 g/mol. The molecule has 0 N–H and O–H groups in total. The largest absolute Gasteiger partial charge is 0.493 e. The van der Waals surface area contributed by atoms with Gasteiger partial charge in [-0.05, 0) is 30.9 Å². The van der Waals surface area contributed by atoms with Gasteiger partial charge in [0.2, 0.25) is 0 Å². The van der Waals surface area contributed by atoms with Crippen molar-refractivity contribution >= 4 is 5.97 Å². The molecular weight excluding hydrogens is 216 g/mol. The maximum Gasteiger partial charge on any atom is 0.309 e. The molecule has 0 spiro atoms. The van der Waals surface area contributed by atoms with Crippen LogP contribution in [0.25, 0.3) is 0 Å². The first-order valence-electron chi connectivity index (χ1n) is 6.22. The molecule has 2 aliphatic rings. The first-order chi connectivity index (χ1) is 8.31. The summed E-state index contributed by atoms with van der Waals surface area (Å²) in [6.07, 6.45) is 1.90. The molecule has 0 saturated heterocycles. The Morgan fingerprint density at radius 1 is 1.53 bits per heavy atom. The fraction of sp³-hybridized carbons (Fsp3) is 0.500. The Morgan fingerprint density at radius 2 is 2.41 bits per heavy atom. The molecule has 90 valence electrons. The number of carbonyl (C=O) groups is 1. The van der Waals surface area contributed by atoms with Crippen LogP contribution in [0.15, 0.2) is 18.2 Å². The van der Waals surface area contributed by atoms with Crippen LogP contribution in [0, 0.1) is 5.92 Å². The van der Waals surface area contributed by atoms with Gasteiger partial charge >= 0.3 is 5.97 Å². The molecule has 0 bridgehead atoms. The number of hydrogen-bond acceptors (Lipinski definition) is 3. The fourth-order valence-corrected chi connectivity index (χ4v) is 2.64. The Hall–Kier alpha value is -1.51. The van der Waals surface area contributed by atoms with E-state index < -0.39 is 0 Å². The van der Waals surface area contributed by atoms with Gasteiger partial charge in [0.1, 0.15) is 5.75 Å². The lowest BCUT2D eigenvalue weighted by atomic mass is 10.00. The van der Waals surface area contributed by atoms with E-state index in [-0.39, 0.29) is 11.9 Å². The van der Waals surface area contributed by atoms with Crippen molar-refractivity contribution in [3.8, 4) is 5.75 Å². The zero-order valence-corrected chi connectivity index (χ0v) is 9.94. The van der Waals surface area contributed by atoms with E-state index in [0.29, 0.717) is 12.5 Å². The average Bonchev–Trinajstić information content (AvgIpc) is 2.98. The molecular formula is C14H16O3. The molecule has 1 aromatic carbocycles. The number of ether oxygens (including phenoxy) is 2. The Bertz CT molecular complexity index is 453. The van der Waals surface area contributed by atoms with Crippen molar-refractivity contribution in [1.29, 1.82) is 0 Å². The van der Waals surface area contributed by atoms with Gasteiger partial charge in [-0.1, -0.05) is 12.1 Å². The zero-order valence-electron chi connectivity index (χ0n) is 9.94. The predicted octanol–water partition coefficient (Wildman–Crippen LogP) is 2.29. The number of benzene rings is 1. The van der Waals surface area contributed by atoms with E-state index in [9.17, 15) is 4.79 Å². The summed E-state index contributed by atoms with van der Waals surface area (Å²) in [5.41, 5.74) is 2.59. The first-order valence-corrected chi connectivity index (χ1v) is 6.22. The summed E-state index contributed by atoms with van der Waals surface area (Å²) < 4.78 is 10.6. The standard InChI is InChI=1S/C14H16O3/c1-2-16-14(15)12-8-11(12)9-4-3-5-13-10(9)6-7-17-13/h3-5,11-12H,2,6-8H2,1H3/t11-,12?/m1/s1. The van der Waals surface area contributed by atoms with Crippen molar-refractivity contribution in [3.05, 3.63) is 29.3 Å². The first kappa shape index (κ1) is 10.6. The monoisotopic (exact) mass is 232 g/mol. The van der Waals surface area contributed by atoms with Gasteiger partial charge < -0.3 is 9.47 Å². The lowest BCUT2D eigenvalue weighted by molar-refractivity contribution is -0.144. The smallest absolute Gasteiger partial charge is 0.309 e. The number of rotatable bonds is 3. The summed E-state index contributed by atoms with van der Waals surface area (Å²) in [6.45, 7) is 3.09. The van der Waals surface area contributed by atoms with E-state index in [1.807, 2.05) is 19.1 Å². The van der Waals surface area contributed by atoms with E-state index in [1.165, 1.54) is 11.1 Å². The summed E-state index contributed by atoms with van der Waals surface area (Å²) in [5.74, 6) is 1.37. The third-order valence-electron chi connectivity index (χ3n) is 3.56. The summed E-state index contributed by atoms with van der Waals surface area (Å²) in [7, 11) is 0. The highest BCUT2D eigenvalue weighted by Crippen LogP contribution is 2.51. The van der Waals surface area contributed by atoms with E-state index >= 15 is 0 Å². The fourth-order valence-electron chi connectivity index (χ4n) is 2.64. The van der Waals surface area contributed by atoms with Gasteiger partial charge in [-0.15, -0.1) is 0 Å². The summed E-state index contributed by atoms with van der Waals surface area (Å²) >= 11 is 0. The van der Waals surface area contributed by atoms with Crippen LogP contribution in [-0.2, 0) is 16.0 Å². The lowest BCUT2D eigenvalue weighted by Crippen LogP contribution is -2.07. The van der Waals surface area contributed by atoms with Crippen molar-refractivity contribution in [3.63, 3.8) is 0 Å². The van der Waals surface area contributed by atoms with Gasteiger partial charge in [0.25, 0.3) is 0 Å². The van der Waals surface area contributed by atoms with Crippen molar-refractivity contribution in [2.24, 2.45) is 5.92 Å². The zero-order chi connectivity index (χ0) is 11.8. The second-order valence-electron chi connectivity index (χ2n) is 4.62. The Balaban J connectivity index is 1.79. The SMILES string of the molecule is CCOC(=O)C1C[C@@H]1c1cccc2c1CCO2. The molecule has 1 unspecified atom stereocenters. The minimum absolute atomic E-state index is 0.0472. The Kier molecular flexibility index (Phi) is 2.54. The van der Waals surface area contributed by atoms with Crippen LogP contribution >= 0.6 is 0 Å². The topological polar surface area (TPSA) is 35.5 Å². The van der Waals surface area contributed by atoms with Gasteiger partial charge in [-0.3, -0.25) is 4.79 Å². The number of carbonyl (C=O) groups excluding carboxylic acids is 1. The minimum atomic E-state index is -0.0472.